The maximum Gasteiger partial charge on any atom is 0.432 e. The Bertz CT molecular complexity index is 852. The van der Waals surface area contributed by atoms with Crippen molar-refractivity contribution in [3.05, 3.63) is 41.6 Å². The number of halogens is 5. The quantitative estimate of drug-likeness (QED) is 0.447. The van der Waals surface area contributed by atoms with E-state index >= 15 is 0 Å². The number of carbonyl (C=O) groups excluding carboxylic acids is 1. The van der Waals surface area contributed by atoms with Crippen LogP contribution >= 0.6 is 12.2 Å². The summed E-state index contributed by atoms with van der Waals surface area (Å²) in [7, 11) is 2.52. The van der Waals surface area contributed by atoms with Crippen molar-refractivity contribution in [3.8, 4) is 0 Å². The lowest BCUT2D eigenvalue weighted by atomic mass is 9.91. The van der Waals surface area contributed by atoms with Gasteiger partial charge in [-0.2, -0.15) is 13.2 Å². The van der Waals surface area contributed by atoms with Crippen LogP contribution in [0.25, 0.3) is 0 Å². The summed E-state index contributed by atoms with van der Waals surface area (Å²) in [6.07, 6.45) is -4.07. The molecular weight excluding hydrogens is 403 g/mol. The molecule has 1 aromatic carbocycles. The Kier molecular flexibility index (Phi) is 6.37. The molecule has 3 N–H and O–H groups in total. The summed E-state index contributed by atoms with van der Waals surface area (Å²) in [4.78, 5) is 17.4. The van der Waals surface area contributed by atoms with E-state index in [1.54, 1.807) is 7.05 Å². The maximum absolute atomic E-state index is 13.8. The average molecular weight is 420 g/mol. The summed E-state index contributed by atoms with van der Waals surface area (Å²) in [5.74, 6) is -5.25. The highest BCUT2D eigenvalue weighted by Gasteiger charge is 2.43. The summed E-state index contributed by atoms with van der Waals surface area (Å²) in [6.45, 7) is 0.0831. The number of nitrogens with two attached hydrogens (primary N) is 1. The predicted molar refractivity (Wildman–Crippen MR) is 98.9 cm³/mol. The Morgan fingerprint density at radius 1 is 1.39 bits per heavy atom. The van der Waals surface area contributed by atoms with Gasteiger partial charge in [-0.3, -0.25) is 9.79 Å². The van der Waals surface area contributed by atoms with Gasteiger partial charge in [-0.05, 0) is 18.2 Å². The van der Waals surface area contributed by atoms with Crippen LogP contribution in [0.5, 0.6) is 0 Å². The molecule has 0 aliphatic carbocycles. The molecule has 1 aromatic rings. The lowest BCUT2D eigenvalue weighted by Crippen LogP contribution is -2.34. The van der Waals surface area contributed by atoms with E-state index in [0.29, 0.717) is 6.08 Å². The lowest BCUT2D eigenvalue weighted by Gasteiger charge is -2.19. The molecule has 2 atom stereocenters. The first-order valence-corrected chi connectivity index (χ1v) is 8.39. The minimum Gasteiger partial charge on any atom is -0.402 e. The summed E-state index contributed by atoms with van der Waals surface area (Å²) < 4.78 is 65.9. The smallest absolute Gasteiger partial charge is 0.402 e. The van der Waals surface area contributed by atoms with Gasteiger partial charge in [0.1, 0.15) is 5.71 Å². The number of hydrogen-bond acceptors (Lipinski definition) is 4. The van der Waals surface area contributed by atoms with Gasteiger partial charge in [0.2, 0.25) is 5.91 Å². The van der Waals surface area contributed by atoms with Crippen LogP contribution in [0.1, 0.15) is 0 Å². The van der Waals surface area contributed by atoms with Crippen molar-refractivity contribution >= 4 is 34.5 Å². The number of alkyl halides is 3. The molecule has 0 unspecified atom stereocenters. The average Bonchev–Trinajstić information content (AvgIpc) is 2.90. The van der Waals surface area contributed by atoms with Crippen molar-refractivity contribution in [2.24, 2.45) is 22.6 Å². The van der Waals surface area contributed by atoms with Crippen molar-refractivity contribution < 1.29 is 26.7 Å². The second-order valence-electron chi connectivity index (χ2n) is 6.14. The highest BCUT2D eigenvalue weighted by Crippen LogP contribution is 2.31. The second kappa shape index (κ2) is 8.21. The monoisotopic (exact) mass is 420 g/mol. The Morgan fingerprint density at radius 2 is 2.04 bits per heavy atom. The standard InChI is InChI=1S/C17H17F5N4OS/c1-24-12(17(20,21)22)6-10(23)8-7-26(2)16(28)13(8)15(27)25-11-5-3-4-9(18)14(11)19/h3-6,8,13H,7,23H2,1-2H3,(H,25,27)/t8-,13+/m1/s1. The summed E-state index contributed by atoms with van der Waals surface area (Å²) in [5.41, 5.74) is 3.97. The largest absolute Gasteiger partial charge is 0.432 e. The van der Waals surface area contributed by atoms with Gasteiger partial charge in [0, 0.05) is 32.3 Å². The van der Waals surface area contributed by atoms with Crippen LogP contribution < -0.4 is 11.1 Å². The molecule has 0 bridgehead atoms. The van der Waals surface area contributed by atoms with Gasteiger partial charge in [0.05, 0.1) is 16.6 Å². The predicted octanol–water partition coefficient (Wildman–Crippen LogP) is 2.88. The third-order valence-electron chi connectivity index (χ3n) is 4.27. The van der Waals surface area contributed by atoms with Gasteiger partial charge < -0.3 is 16.0 Å². The Labute approximate surface area is 163 Å². The molecule has 1 saturated heterocycles. The van der Waals surface area contributed by atoms with Crippen molar-refractivity contribution in [2.75, 3.05) is 26.0 Å². The first-order valence-electron chi connectivity index (χ1n) is 7.98. The molecule has 5 nitrogen and oxygen atoms in total. The van der Waals surface area contributed by atoms with Crippen LogP contribution in [0.2, 0.25) is 0 Å². The van der Waals surface area contributed by atoms with Gasteiger partial charge in [-0.1, -0.05) is 18.3 Å². The van der Waals surface area contributed by atoms with E-state index in [9.17, 15) is 26.7 Å². The van der Waals surface area contributed by atoms with Crippen molar-refractivity contribution in [1.82, 2.24) is 4.90 Å². The fourth-order valence-corrected chi connectivity index (χ4v) is 3.19. The minimum atomic E-state index is -4.72. The van der Waals surface area contributed by atoms with Crippen LogP contribution in [0, 0.1) is 23.5 Å². The Hall–Kier alpha value is -2.56. The van der Waals surface area contributed by atoms with E-state index in [0.717, 1.165) is 19.2 Å². The molecule has 28 heavy (non-hydrogen) atoms. The van der Waals surface area contributed by atoms with Gasteiger partial charge in [0.15, 0.2) is 11.6 Å². The zero-order valence-electron chi connectivity index (χ0n) is 14.8. The molecule has 1 amide bonds. The molecule has 1 aliphatic rings. The van der Waals surface area contributed by atoms with Gasteiger partial charge in [0.25, 0.3) is 0 Å². The van der Waals surface area contributed by atoms with Crippen molar-refractivity contribution in [1.29, 1.82) is 0 Å². The van der Waals surface area contributed by atoms with E-state index in [4.69, 9.17) is 18.0 Å². The first kappa shape index (κ1) is 21.7. The SMILES string of the molecule is CN=C(C=C(N)[C@H]1CN(C)C(=S)[C@@H]1C(=O)Nc1cccc(F)c1F)C(F)(F)F. The topological polar surface area (TPSA) is 70.7 Å². The minimum absolute atomic E-state index is 0.0831. The summed E-state index contributed by atoms with van der Waals surface area (Å²) >= 11 is 5.19. The number of nitrogens with one attached hydrogen (secondary N) is 1. The number of aliphatic imine (C=N–C) groups is 1. The van der Waals surface area contributed by atoms with Crippen LogP contribution in [0.3, 0.4) is 0 Å². The van der Waals surface area contributed by atoms with Crippen LogP contribution in [0.15, 0.2) is 35.0 Å². The molecule has 1 heterocycles. The van der Waals surface area contributed by atoms with E-state index < -0.39 is 47.0 Å². The van der Waals surface area contributed by atoms with Crippen LogP contribution in [-0.4, -0.2) is 48.3 Å². The molecule has 0 spiro atoms. The van der Waals surface area contributed by atoms with Gasteiger partial charge in [-0.25, -0.2) is 8.78 Å². The maximum atomic E-state index is 13.8. The number of carbonyl (C=O) groups is 1. The number of thiocarbonyl (C=S) groups is 1. The third-order valence-corrected chi connectivity index (χ3v) is 4.84. The molecule has 0 radical (unpaired) electrons. The normalized spacial score (nSPS) is 21.2. The molecule has 1 aliphatic heterocycles. The van der Waals surface area contributed by atoms with E-state index in [1.165, 1.54) is 11.0 Å². The number of allylic oxidation sites excluding steroid dienone is 1. The highest BCUT2D eigenvalue weighted by atomic mass is 32.1. The van der Waals surface area contributed by atoms with Crippen LogP contribution in [-0.2, 0) is 4.79 Å². The molecule has 1 fully saturated rings. The second-order valence-corrected chi connectivity index (χ2v) is 6.56. The molecular formula is C17H17F5N4OS. The number of anilines is 1. The number of nitrogens with zero attached hydrogens (tertiary/aromatic N) is 2. The fraction of sp³-hybridized carbons (Fsp3) is 0.353. The number of rotatable bonds is 4. The zero-order chi connectivity index (χ0) is 21.2. The lowest BCUT2D eigenvalue weighted by molar-refractivity contribution is -0.118. The Balaban J connectivity index is 2.33. The summed E-state index contributed by atoms with van der Waals surface area (Å²) in [6, 6.07) is 3.23. The molecule has 152 valence electrons. The number of hydrogen-bond donors (Lipinski definition) is 2. The molecule has 0 saturated carbocycles. The zero-order valence-corrected chi connectivity index (χ0v) is 15.7. The molecule has 0 aromatic heterocycles. The van der Waals surface area contributed by atoms with E-state index in [1.807, 2.05) is 0 Å². The van der Waals surface area contributed by atoms with Crippen molar-refractivity contribution in [2.45, 2.75) is 6.18 Å². The molecule has 2 rings (SSSR count). The highest BCUT2D eigenvalue weighted by molar-refractivity contribution is 7.80. The number of benzene rings is 1. The Morgan fingerprint density at radius 3 is 2.61 bits per heavy atom. The fourth-order valence-electron chi connectivity index (χ4n) is 2.84. The molecule has 11 heteroatoms. The van der Waals surface area contributed by atoms with E-state index in [-0.39, 0.29) is 17.2 Å². The number of amides is 1. The number of likely N-dealkylation sites (tertiary alicyclic amines) is 1. The third kappa shape index (κ3) is 4.46. The van der Waals surface area contributed by atoms with Crippen LogP contribution in [0.4, 0.5) is 27.6 Å². The van der Waals surface area contributed by atoms with Crippen molar-refractivity contribution in [3.63, 3.8) is 0 Å². The van der Waals surface area contributed by atoms with E-state index in [2.05, 4.69) is 10.3 Å². The van der Waals surface area contributed by atoms with Gasteiger partial charge in [-0.15, -0.1) is 0 Å². The summed E-state index contributed by atoms with van der Waals surface area (Å²) in [5, 5.41) is 2.22. The first-order chi connectivity index (χ1) is 13.0. The van der Waals surface area contributed by atoms with Gasteiger partial charge >= 0.3 is 6.18 Å².